The van der Waals surface area contributed by atoms with Crippen LogP contribution in [0.1, 0.15) is 17.0 Å². The molecule has 0 fully saturated rings. The van der Waals surface area contributed by atoms with Gasteiger partial charge in [0.1, 0.15) is 41.1 Å². The van der Waals surface area contributed by atoms with Crippen LogP contribution in [0.3, 0.4) is 0 Å². The van der Waals surface area contributed by atoms with E-state index < -0.39 is 12.7 Å². The largest absolute Gasteiger partial charge is 0.491 e. The van der Waals surface area contributed by atoms with Crippen molar-refractivity contribution in [2.45, 2.75) is 23.8 Å². The SMILES string of the molecule is [C-]#[N+]c1c(N)nc(SCc2nc(-c3ccsc3)oc2C)c(C#N)c1-c1ccc(OC[C@H](O)CO)cc1. The van der Waals surface area contributed by atoms with Crippen molar-refractivity contribution in [3.05, 3.63) is 69.5 Å². The summed E-state index contributed by atoms with van der Waals surface area (Å²) in [5, 5.41) is 32.7. The lowest BCUT2D eigenvalue weighted by Crippen LogP contribution is -2.21. The normalized spacial score (nSPS) is 11.6. The van der Waals surface area contributed by atoms with E-state index >= 15 is 0 Å². The molecule has 4 aromatic rings. The van der Waals surface area contributed by atoms with Crippen LogP contribution >= 0.6 is 23.1 Å². The summed E-state index contributed by atoms with van der Waals surface area (Å²) >= 11 is 2.85. The minimum Gasteiger partial charge on any atom is -0.491 e. The van der Waals surface area contributed by atoms with Crippen molar-refractivity contribution in [2.75, 3.05) is 18.9 Å². The average Bonchev–Trinajstić information content (AvgIpc) is 3.55. The second-order valence-electron chi connectivity index (χ2n) is 7.62. The monoisotopic (exact) mass is 519 g/mol. The van der Waals surface area contributed by atoms with E-state index in [9.17, 15) is 10.4 Å². The summed E-state index contributed by atoms with van der Waals surface area (Å²) in [6.07, 6.45) is -0.988. The highest BCUT2D eigenvalue weighted by Gasteiger charge is 2.22. The number of nitrogens with zero attached hydrogens (tertiary/aromatic N) is 4. The predicted molar refractivity (Wildman–Crippen MR) is 138 cm³/mol. The maximum atomic E-state index is 10.0. The van der Waals surface area contributed by atoms with Gasteiger partial charge in [0.2, 0.25) is 11.6 Å². The number of aromatic nitrogens is 2. The van der Waals surface area contributed by atoms with Crippen molar-refractivity contribution in [3.8, 4) is 34.4 Å². The van der Waals surface area contributed by atoms with E-state index in [2.05, 4.69) is 20.9 Å². The zero-order valence-electron chi connectivity index (χ0n) is 19.1. The van der Waals surface area contributed by atoms with Gasteiger partial charge in [-0.15, -0.1) is 0 Å². The van der Waals surface area contributed by atoms with Crippen LogP contribution in [-0.2, 0) is 5.75 Å². The number of nitrogens with two attached hydrogens (primary N) is 1. The number of hydrogen-bond acceptors (Lipinski definition) is 10. The third-order valence-electron chi connectivity index (χ3n) is 5.19. The molecule has 1 aromatic carbocycles. The number of ether oxygens (including phenoxy) is 1. The number of thiophene rings is 1. The van der Waals surface area contributed by atoms with Gasteiger partial charge in [0.05, 0.1) is 24.4 Å². The number of anilines is 1. The van der Waals surface area contributed by atoms with Gasteiger partial charge in [0.25, 0.3) is 0 Å². The number of thioether (sulfide) groups is 1. The lowest BCUT2D eigenvalue weighted by molar-refractivity contribution is 0.0536. The van der Waals surface area contributed by atoms with E-state index in [1.54, 1.807) is 35.6 Å². The van der Waals surface area contributed by atoms with Gasteiger partial charge in [-0.05, 0) is 36.1 Å². The highest BCUT2D eigenvalue weighted by molar-refractivity contribution is 7.98. The summed E-state index contributed by atoms with van der Waals surface area (Å²) in [7, 11) is 0. The van der Waals surface area contributed by atoms with Crippen LogP contribution in [0.2, 0.25) is 0 Å². The fourth-order valence-corrected chi connectivity index (χ4v) is 4.97. The minimum absolute atomic E-state index is 0.0312. The van der Waals surface area contributed by atoms with Crippen molar-refractivity contribution in [3.63, 3.8) is 0 Å². The number of oxazole rings is 1. The van der Waals surface area contributed by atoms with Crippen molar-refractivity contribution >= 4 is 34.6 Å². The van der Waals surface area contributed by atoms with E-state index in [4.69, 9.17) is 26.6 Å². The van der Waals surface area contributed by atoms with Gasteiger partial charge >= 0.3 is 0 Å². The molecular formula is C25H21N5O4S2. The van der Waals surface area contributed by atoms with Gasteiger partial charge in [0.15, 0.2) is 0 Å². The summed E-state index contributed by atoms with van der Waals surface area (Å²) in [5.41, 5.74) is 9.09. The Bertz CT molecular complexity index is 1440. The molecule has 182 valence electrons. The van der Waals surface area contributed by atoms with Crippen molar-refractivity contribution in [2.24, 2.45) is 0 Å². The number of aliphatic hydroxyl groups excluding tert-OH is 2. The lowest BCUT2D eigenvalue weighted by atomic mass is 10.00. The Morgan fingerprint density at radius 1 is 1.28 bits per heavy atom. The van der Waals surface area contributed by atoms with E-state index in [0.717, 1.165) is 11.3 Å². The van der Waals surface area contributed by atoms with E-state index in [-0.39, 0.29) is 23.7 Å². The third-order valence-corrected chi connectivity index (χ3v) is 6.86. The van der Waals surface area contributed by atoms with Crippen LogP contribution in [0.4, 0.5) is 11.5 Å². The Morgan fingerprint density at radius 3 is 2.69 bits per heavy atom. The van der Waals surface area contributed by atoms with Crippen LogP contribution in [0.25, 0.3) is 27.4 Å². The molecule has 0 amide bonds. The number of aliphatic hydroxyl groups is 2. The van der Waals surface area contributed by atoms with Gasteiger partial charge in [0, 0.05) is 22.3 Å². The molecule has 9 nitrogen and oxygen atoms in total. The second-order valence-corrected chi connectivity index (χ2v) is 9.36. The molecule has 0 radical (unpaired) electrons. The first kappa shape index (κ1) is 25.2. The first-order valence-electron chi connectivity index (χ1n) is 10.7. The summed E-state index contributed by atoms with van der Waals surface area (Å²) in [4.78, 5) is 12.5. The van der Waals surface area contributed by atoms with E-state index in [0.29, 0.717) is 39.3 Å². The molecule has 0 aliphatic carbocycles. The number of rotatable bonds is 9. The molecule has 0 bridgehead atoms. The van der Waals surface area contributed by atoms with Crippen LogP contribution in [0, 0.1) is 24.8 Å². The highest BCUT2D eigenvalue weighted by Crippen LogP contribution is 2.42. The number of nitrogen functional groups attached to an aromatic ring is 1. The molecule has 0 saturated heterocycles. The molecule has 4 rings (SSSR count). The molecule has 0 spiro atoms. The van der Waals surface area contributed by atoms with Gasteiger partial charge in [-0.3, -0.25) is 0 Å². The zero-order chi connectivity index (χ0) is 25.7. The number of nitriles is 1. The van der Waals surface area contributed by atoms with E-state index in [1.165, 1.54) is 11.8 Å². The molecule has 3 heterocycles. The second kappa shape index (κ2) is 11.2. The van der Waals surface area contributed by atoms with Gasteiger partial charge in [-0.25, -0.2) is 14.8 Å². The maximum absolute atomic E-state index is 10.0. The summed E-state index contributed by atoms with van der Waals surface area (Å²) in [6, 6.07) is 10.8. The van der Waals surface area contributed by atoms with Gasteiger partial charge < -0.3 is 25.1 Å². The molecule has 3 aromatic heterocycles. The Kier molecular flexibility index (Phi) is 7.88. The molecule has 11 heteroatoms. The molecule has 0 saturated carbocycles. The van der Waals surface area contributed by atoms with Crippen molar-refractivity contribution < 1.29 is 19.4 Å². The fraction of sp³-hybridized carbons (Fsp3) is 0.200. The lowest BCUT2D eigenvalue weighted by Gasteiger charge is -2.14. The van der Waals surface area contributed by atoms with Crippen molar-refractivity contribution in [1.29, 1.82) is 5.26 Å². The summed E-state index contributed by atoms with van der Waals surface area (Å²) in [5.74, 6) is 2.11. The Labute approximate surface area is 215 Å². The Hall–Kier alpha value is -3.87. The maximum Gasteiger partial charge on any atom is 0.236 e. The van der Waals surface area contributed by atoms with Crippen LogP contribution < -0.4 is 10.5 Å². The van der Waals surface area contributed by atoms with Crippen LogP contribution in [-0.4, -0.2) is 39.5 Å². The Morgan fingerprint density at radius 2 is 2.06 bits per heavy atom. The van der Waals surface area contributed by atoms with Crippen LogP contribution in [0.5, 0.6) is 5.75 Å². The van der Waals surface area contributed by atoms with Gasteiger partial charge in [-0.1, -0.05) is 23.9 Å². The Balaban J connectivity index is 1.64. The summed E-state index contributed by atoms with van der Waals surface area (Å²) in [6.45, 7) is 8.99. The molecule has 4 N–H and O–H groups in total. The molecule has 36 heavy (non-hydrogen) atoms. The predicted octanol–water partition coefficient (Wildman–Crippen LogP) is 4.80. The van der Waals surface area contributed by atoms with E-state index in [1.807, 2.05) is 23.8 Å². The molecule has 0 aliphatic heterocycles. The average molecular weight is 520 g/mol. The molecular weight excluding hydrogens is 498 g/mol. The topological polar surface area (TPSA) is 143 Å². The fourth-order valence-electron chi connectivity index (χ4n) is 3.35. The molecule has 0 unspecified atom stereocenters. The quantitative estimate of drug-likeness (QED) is 0.210. The third kappa shape index (κ3) is 5.35. The number of pyridine rings is 1. The first-order valence-corrected chi connectivity index (χ1v) is 12.6. The standard InChI is InChI=1S/C25H21N5O4S2/c1-14-20(29-24(34-14)16-7-8-35-12-16)13-36-25-19(9-26)21(22(28-2)23(27)30-25)15-3-5-18(6-4-15)33-11-17(32)10-31/h3-8,12,17,31-32H,10-11,13H2,1H3,(H2,27,30)/t17-/m1/s1. The number of aryl methyl sites for hydroxylation is 1. The molecule has 1 atom stereocenters. The minimum atomic E-state index is -0.988. The summed E-state index contributed by atoms with van der Waals surface area (Å²) < 4.78 is 11.2. The zero-order valence-corrected chi connectivity index (χ0v) is 20.8. The van der Waals surface area contributed by atoms with Gasteiger partial charge in [-0.2, -0.15) is 16.6 Å². The van der Waals surface area contributed by atoms with Crippen molar-refractivity contribution in [1.82, 2.24) is 9.97 Å². The van der Waals surface area contributed by atoms with Crippen LogP contribution in [0.15, 0.2) is 50.5 Å². The molecule has 0 aliphatic rings. The smallest absolute Gasteiger partial charge is 0.236 e. The number of hydrogen-bond donors (Lipinski definition) is 3. The highest BCUT2D eigenvalue weighted by atomic mass is 32.2. The first-order chi connectivity index (χ1) is 17.4. The number of benzene rings is 1.